The fraction of sp³-hybridized carbons (Fsp3) is 0.333. The van der Waals surface area contributed by atoms with Crippen molar-refractivity contribution in [2.75, 3.05) is 0 Å². The van der Waals surface area contributed by atoms with Crippen LogP contribution in [0.3, 0.4) is 0 Å². The van der Waals surface area contributed by atoms with Gasteiger partial charge in [0.1, 0.15) is 5.60 Å². The van der Waals surface area contributed by atoms with E-state index in [0.717, 1.165) is 11.1 Å². The molecule has 4 heteroatoms. The molecule has 1 rings (SSSR count). The van der Waals surface area contributed by atoms with Crippen LogP contribution in [-0.4, -0.2) is 18.0 Å². The lowest BCUT2D eigenvalue weighted by atomic mass is 10.1. The van der Waals surface area contributed by atoms with Crippen LogP contribution >= 0.6 is 0 Å². The van der Waals surface area contributed by atoms with Crippen molar-refractivity contribution in [1.29, 1.82) is 0 Å². The first-order valence-electron chi connectivity index (χ1n) is 5.92. The first-order chi connectivity index (χ1) is 8.90. The molecule has 1 aromatic carbocycles. The Hall–Kier alpha value is -2.28. The number of benzene rings is 1. The van der Waals surface area contributed by atoms with Crippen LogP contribution in [0.1, 0.15) is 31.9 Å². The third-order valence-corrected chi connectivity index (χ3v) is 2.04. The van der Waals surface area contributed by atoms with Gasteiger partial charge < -0.3 is 10.1 Å². The molecular formula is C15H17NO3. The number of amides is 1. The molecule has 0 aliphatic rings. The summed E-state index contributed by atoms with van der Waals surface area (Å²) < 4.78 is 5.13. The molecule has 0 aromatic heterocycles. The number of nitrogens with one attached hydrogen (secondary N) is 1. The third-order valence-electron chi connectivity index (χ3n) is 2.04. The maximum atomic E-state index is 11.5. The van der Waals surface area contributed by atoms with Crippen molar-refractivity contribution >= 4 is 12.4 Å². The zero-order chi connectivity index (χ0) is 14.3. The van der Waals surface area contributed by atoms with Crippen molar-refractivity contribution in [3.05, 3.63) is 35.4 Å². The molecule has 0 aliphatic carbocycles. The molecule has 100 valence electrons. The number of carbonyl (C=O) groups excluding carboxylic acids is 2. The maximum absolute atomic E-state index is 11.5. The lowest BCUT2D eigenvalue weighted by molar-refractivity contribution is -0.103. The Kier molecular flexibility index (Phi) is 5.13. The molecular weight excluding hydrogens is 242 g/mol. The first kappa shape index (κ1) is 14.8. The highest BCUT2D eigenvalue weighted by Crippen LogP contribution is 2.08. The van der Waals surface area contributed by atoms with Gasteiger partial charge in [0.05, 0.1) is 0 Å². The summed E-state index contributed by atoms with van der Waals surface area (Å²) in [6.07, 6.45) is 0.0860. The van der Waals surface area contributed by atoms with E-state index < -0.39 is 11.7 Å². The van der Waals surface area contributed by atoms with Crippen LogP contribution in [0, 0.1) is 11.8 Å². The molecule has 0 radical (unpaired) electrons. The summed E-state index contributed by atoms with van der Waals surface area (Å²) in [7, 11) is 0. The van der Waals surface area contributed by atoms with E-state index in [1.807, 2.05) is 39.0 Å². The number of hydrogen-bond donors (Lipinski definition) is 1. The van der Waals surface area contributed by atoms with Crippen molar-refractivity contribution in [1.82, 2.24) is 5.32 Å². The molecule has 0 heterocycles. The van der Waals surface area contributed by atoms with Gasteiger partial charge in [-0.15, -0.1) is 0 Å². The van der Waals surface area contributed by atoms with Crippen molar-refractivity contribution in [2.24, 2.45) is 0 Å². The first-order valence-corrected chi connectivity index (χ1v) is 5.92. The molecule has 0 aliphatic heterocycles. The van der Waals surface area contributed by atoms with Crippen LogP contribution in [-0.2, 0) is 16.1 Å². The Morgan fingerprint density at radius 3 is 2.79 bits per heavy atom. The lowest BCUT2D eigenvalue weighted by Crippen LogP contribution is -2.32. The smallest absolute Gasteiger partial charge is 0.407 e. The van der Waals surface area contributed by atoms with Crippen molar-refractivity contribution in [3.8, 4) is 11.8 Å². The molecule has 0 spiro atoms. The van der Waals surface area contributed by atoms with Crippen LogP contribution in [0.5, 0.6) is 0 Å². The number of ether oxygens (including phenoxy) is 1. The van der Waals surface area contributed by atoms with Gasteiger partial charge in [-0.2, -0.15) is 0 Å². The van der Waals surface area contributed by atoms with E-state index in [9.17, 15) is 9.59 Å². The number of hydrogen-bond acceptors (Lipinski definition) is 3. The van der Waals surface area contributed by atoms with E-state index in [2.05, 4.69) is 17.2 Å². The van der Waals surface area contributed by atoms with E-state index in [4.69, 9.17) is 4.74 Å². The minimum Gasteiger partial charge on any atom is -0.444 e. The minimum atomic E-state index is -0.513. The Bertz CT molecular complexity index is 518. The van der Waals surface area contributed by atoms with Gasteiger partial charge in [0, 0.05) is 12.1 Å². The predicted octanol–water partition coefficient (Wildman–Crippen LogP) is 2.26. The summed E-state index contributed by atoms with van der Waals surface area (Å²) in [5.74, 6) is 5.04. The van der Waals surface area contributed by atoms with Crippen LogP contribution in [0.15, 0.2) is 24.3 Å². The highest BCUT2D eigenvalue weighted by atomic mass is 16.6. The van der Waals surface area contributed by atoms with Gasteiger partial charge in [0.2, 0.25) is 0 Å². The van der Waals surface area contributed by atoms with Gasteiger partial charge >= 0.3 is 6.09 Å². The number of aldehydes is 1. The fourth-order valence-corrected chi connectivity index (χ4v) is 1.36. The monoisotopic (exact) mass is 259 g/mol. The largest absolute Gasteiger partial charge is 0.444 e. The SMILES string of the molecule is CC(C)(C)OC(=O)NCc1cccc(C#CC=O)c1. The Morgan fingerprint density at radius 1 is 1.42 bits per heavy atom. The molecule has 4 nitrogen and oxygen atoms in total. The summed E-state index contributed by atoms with van der Waals surface area (Å²) in [6.45, 7) is 5.78. The van der Waals surface area contributed by atoms with Gasteiger partial charge in [-0.3, -0.25) is 4.79 Å². The Labute approximate surface area is 113 Å². The van der Waals surface area contributed by atoms with Crippen molar-refractivity contribution < 1.29 is 14.3 Å². The van der Waals surface area contributed by atoms with Crippen molar-refractivity contribution in [2.45, 2.75) is 32.9 Å². The predicted molar refractivity (Wildman–Crippen MR) is 72.5 cm³/mol. The fourth-order valence-electron chi connectivity index (χ4n) is 1.36. The molecule has 0 atom stereocenters. The second kappa shape index (κ2) is 6.60. The van der Waals surface area contributed by atoms with Gasteiger partial charge in [0.25, 0.3) is 0 Å². The average molecular weight is 259 g/mol. The zero-order valence-corrected chi connectivity index (χ0v) is 11.3. The molecule has 1 aromatic rings. The maximum Gasteiger partial charge on any atom is 0.407 e. The molecule has 19 heavy (non-hydrogen) atoms. The third kappa shape index (κ3) is 6.27. The van der Waals surface area contributed by atoms with Gasteiger partial charge in [-0.1, -0.05) is 18.1 Å². The highest BCUT2D eigenvalue weighted by Gasteiger charge is 2.15. The van der Waals surface area contributed by atoms with E-state index in [-0.39, 0.29) is 0 Å². The van der Waals surface area contributed by atoms with E-state index >= 15 is 0 Å². The molecule has 0 bridgehead atoms. The van der Waals surface area contributed by atoms with E-state index in [1.54, 1.807) is 6.07 Å². The number of carbonyl (C=O) groups is 2. The average Bonchev–Trinajstić information content (AvgIpc) is 2.32. The lowest BCUT2D eigenvalue weighted by Gasteiger charge is -2.19. The summed E-state index contributed by atoms with van der Waals surface area (Å²) in [5, 5.41) is 2.66. The van der Waals surface area contributed by atoms with Crippen LogP contribution in [0.4, 0.5) is 4.79 Å². The number of alkyl carbamates (subject to hydrolysis) is 1. The molecule has 0 fully saturated rings. The summed E-state index contributed by atoms with van der Waals surface area (Å²) in [4.78, 5) is 21.6. The molecule has 1 N–H and O–H groups in total. The standard InChI is InChI=1S/C15H17NO3/c1-15(2,3)19-14(18)16-11-13-7-4-6-12(10-13)8-5-9-17/h4,6-7,9-10H,11H2,1-3H3,(H,16,18). The Morgan fingerprint density at radius 2 is 2.16 bits per heavy atom. The van der Waals surface area contributed by atoms with Gasteiger partial charge in [-0.05, 0) is 44.4 Å². The van der Waals surface area contributed by atoms with E-state index in [1.165, 1.54) is 0 Å². The normalized spacial score (nSPS) is 10.1. The molecule has 0 saturated carbocycles. The molecule has 0 saturated heterocycles. The summed E-state index contributed by atoms with van der Waals surface area (Å²) >= 11 is 0. The molecule has 0 unspecified atom stereocenters. The van der Waals surface area contributed by atoms with Crippen LogP contribution < -0.4 is 5.32 Å². The topological polar surface area (TPSA) is 55.4 Å². The van der Waals surface area contributed by atoms with E-state index in [0.29, 0.717) is 12.8 Å². The second-order valence-electron chi connectivity index (χ2n) is 4.94. The second-order valence-corrected chi connectivity index (χ2v) is 4.94. The van der Waals surface area contributed by atoms with Crippen LogP contribution in [0.2, 0.25) is 0 Å². The molecule has 1 amide bonds. The minimum absolute atomic E-state index is 0.353. The zero-order valence-electron chi connectivity index (χ0n) is 11.3. The Balaban J connectivity index is 2.58. The highest BCUT2D eigenvalue weighted by molar-refractivity contribution is 5.74. The quantitative estimate of drug-likeness (QED) is 0.654. The summed E-state index contributed by atoms with van der Waals surface area (Å²) in [5.41, 5.74) is 1.11. The van der Waals surface area contributed by atoms with Crippen LogP contribution in [0.25, 0.3) is 0 Å². The number of rotatable bonds is 2. The van der Waals surface area contributed by atoms with Gasteiger partial charge in [0.15, 0.2) is 6.29 Å². The van der Waals surface area contributed by atoms with Gasteiger partial charge in [-0.25, -0.2) is 4.79 Å². The van der Waals surface area contributed by atoms with Crippen molar-refractivity contribution in [3.63, 3.8) is 0 Å². The summed E-state index contributed by atoms with van der Waals surface area (Å²) in [6, 6.07) is 7.30.